The van der Waals surface area contributed by atoms with Crippen LogP contribution in [0.5, 0.6) is 11.5 Å². The summed E-state index contributed by atoms with van der Waals surface area (Å²) in [6.45, 7) is 3.64. The molecule has 4 N–H and O–H groups in total. The molecule has 0 heterocycles. The number of hydrogen-bond donors (Lipinski definition) is 4. The van der Waals surface area contributed by atoms with E-state index in [0.717, 1.165) is 22.6 Å². The molecule has 160 valence electrons. The second-order valence-electron chi connectivity index (χ2n) is 7.80. The number of fused-ring (bicyclic) bond motifs is 1. The number of carbonyl (C=O) groups is 2. The van der Waals surface area contributed by atoms with Crippen molar-refractivity contribution >= 4 is 18.9 Å². The van der Waals surface area contributed by atoms with Crippen molar-refractivity contribution < 1.29 is 29.1 Å². The Morgan fingerprint density at radius 2 is 1.79 bits per heavy atom. The zero-order chi connectivity index (χ0) is 21.6. The largest absolute Gasteiger partial charge is 0.496 e. The number of nitrogens with one attached hydrogen (secondary N) is 2. The molecule has 1 aliphatic rings. The van der Waals surface area contributed by atoms with Gasteiger partial charge >= 0.3 is 7.12 Å². The number of methoxy groups -OCH3 is 2. The minimum Gasteiger partial charge on any atom is -0.496 e. The lowest BCUT2D eigenvalue weighted by Crippen LogP contribution is -2.50. The van der Waals surface area contributed by atoms with Gasteiger partial charge in [-0.1, -0.05) is 13.8 Å². The molecule has 29 heavy (non-hydrogen) atoms. The third-order valence-electron chi connectivity index (χ3n) is 5.20. The van der Waals surface area contributed by atoms with E-state index in [1.165, 1.54) is 0 Å². The van der Waals surface area contributed by atoms with E-state index in [2.05, 4.69) is 10.6 Å². The number of ether oxygens (including phenoxy) is 2. The van der Waals surface area contributed by atoms with Gasteiger partial charge in [-0.2, -0.15) is 0 Å². The van der Waals surface area contributed by atoms with Crippen LogP contribution in [0.3, 0.4) is 0 Å². The van der Waals surface area contributed by atoms with E-state index in [-0.39, 0.29) is 24.3 Å². The lowest BCUT2D eigenvalue weighted by Gasteiger charge is -2.27. The van der Waals surface area contributed by atoms with E-state index in [1.54, 1.807) is 14.2 Å². The lowest BCUT2D eigenvalue weighted by molar-refractivity contribution is -0.129. The maximum atomic E-state index is 12.6. The monoisotopic (exact) mass is 406 g/mol. The highest BCUT2D eigenvalue weighted by molar-refractivity contribution is 6.43. The maximum absolute atomic E-state index is 12.6. The molecule has 1 aromatic carbocycles. The third kappa shape index (κ3) is 6.11. The van der Waals surface area contributed by atoms with Gasteiger partial charge in [0.05, 0.1) is 26.7 Å². The molecular weight excluding hydrogens is 375 g/mol. The fourth-order valence-corrected chi connectivity index (χ4v) is 3.75. The molecule has 2 rings (SSSR count). The normalized spacial score (nSPS) is 16.6. The Balaban J connectivity index is 1.95. The third-order valence-corrected chi connectivity index (χ3v) is 5.20. The fourth-order valence-electron chi connectivity index (χ4n) is 3.75. The molecule has 9 heteroatoms. The van der Waals surface area contributed by atoms with E-state index < -0.39 is 19.0 Å². The van der Waals surface area contributed by atoms with Gasteiger partial charge in [-0.15, -0.1) is 0 Å². The molecule has 2 atom stereocenters. The van der Waals surface area contributed by atoms with Crippen LogP contribution in [0.1, 0.15) is 37.8 Å². The highest BCUT2D eigenvalue weighted by atomic mass is 16.5. The number of rotatable bonds is 9. The Kier molecular flexibility index (Phi) is 8.34. The maximum Gasteiger partial charge on any atom is 0.475 e. The fraction of sp³-hybridized carbons (Fsp3) is 0.600. The van der Waals surface area contributed by atoms with Gasteiger partial charge in [-0.05, 0) is 43.7 Å². The first-order chi connectivity index (χ1) is 13.8. The minimum atomic E-state index is -1.64. The summed E-state index contributed by atoms with van der Waals surface area (Å²) < 4.78 is 10.9. The predicted octanol–water partition coefficient (Wildman–Crippen LogP) is 0.468. The predicted molar refractivity (Wildman–Crippen MR) is 110 cm³/mol. The lowest BCUT2D eigenvalue weighted by atomic mass is 9.75. The first kappa shape index (κ1) is 23.0. The van der Waals surface area contributed by atoms with Gasteiger partial charge in [-0.25, -0.2) is 0 Å². The van der Waals surface area contributed by atoms with E-state index in [0.29, 0.717) is 25.7 Å². The second-order valence-corrected chi connectivity index (χ2v) is 7.80. The molecule has 0 aliphatic heterocycles. The van der Waals surface area contributed by atoms with Crippen molar-refractivity contribution in [3.8, 4) is 11.5 Å². The Hall–Kier alpha value is -2.26. The average molecular weight is 406 g/mol. The van der Waals surface area contributed by atoms with Crippen LogP contribution in [0.2, 0.25) is 0 Å². The van der Waals surface area contributed by atoms with Gasteiger partial charge in [0.15, 0.2) is 0 Å². The van der Waals surface area contributed by atoms with Crippen molar-refractivity contribution in [2.45, 2.75) is 45.5 Å². The molecule has 0 fully saturated rings. The van der Waals surface area contributed by atoms with E-state index in [9.17, 15) is 19.6 Å². The molecule has 0 saturated heterocycles. The van der Waals surface area contributed by atoms with Gasteiger partial charge in [0, 0.05) is 17.0 Å². The zero-order valence-corrected chi connectivity index (χ0v) is 17.5. The van der Waals surface area contributed by atoms with E-state index >= 15 is 0 Å². The van der Waals surface area contributed by atoms with E-state index in [4.69, 9.17) is 9.47 Å². The highest BCUT2D eigenvalue weighted by Crippen LogP contribution is 2.37. The molecule has 1 aromatic rings. The first-order valence-electron chi connectivity index (χ1n) is 9.92. The summed E-state index contributed by atoms with van der Waals surface area (Å²) in [7, 11) is 1.57. The van der Waals surface area contributed by atoms with Crippen LogP contribution >= 0.6 is 0 Å². The Bertz CT molecular complexity index is 725. The van der Waals surface area contributed by atoms with Crippen LogP contribution in [0, 0.1) is 11.8 Å². The number of hydrogen-bond acceptors (Lipinski definition) is 6. The molecule has 8 nitrogen and oxygen atoms in total. The molecular formula is C20H31BN2O6. The second kappa shape index (κ2) is 10.5. The number of amides is 2. The van der Waals surface area contributed by atoms with Crippen molar-refractivity contribution in [1.82, 2.24) is 10.6 Å². The standard InChI is InChI=1S/C20H31BN2O6/c1-12(2)9-18(21(26)27)23-19(24)11-22-20(25)13-5-6-14-15(10-13)17(29-4)8-7-16(14)28-3/h7-8,12-13,18,26-27H,5-6,9-11H2,1-4H3,(H,22,25)(H,23,24). The first-order valence-corrected chi connectivity index (χ1v) is 9.92. The van der Waals surface area contributed by atoms with Gasteiger partial charge in [-0.3, -0.25) is 9.59 Å². The summed E-state index contributed by atoms with van der Waals surface area (Å²) >= 11 is 0. The molecule has 0 spiro atoms. The highest BCUT2D eigenvalue weighted by Gasteiger charge is 2.30. The summed E-state index contributed by atoms with van der Waals surface area (Å²) in [5.41, 5.74) is 2.02. The molecule has 2 unspecified atom stereocenters. The molecule has 0 saturated carbocycles. The van der Waals surface area contributed by atoms with Gasteiger partial charge < -0.3 is 30.2 Å². The van der Waals surface area contributed by atoms with Crippen LogP contribution in [-0.2, 0) is 22.4 Å². The molecule has 1 aliphatic carbocycles. The van der Waals surface area contributed by atoms with Gasteiger partial charge in [0.1, 0.15) is 11.5 Å². The summed E-state index contributed by atoms with van der Waals surface area (Å²) in [6, 6.07) is 3.70. The SMILES string of the molecule is COc1ccc(OC)c2c1CCC(C(=O)NCC(=O)NC(CC(C)C)B(O)O)C2. The van der Waals surface area contributed by atoms with Crippen LogP contribution in [0.15, 0.2) is 12.1 Å². The average Bonchev–Trinajstić information content (AvgIpc) is 2.69. The van der Waals surface area contributed by atoms with Gasteiger partial charge in [0.25, 0.3) is 0 Å². The summed E-state index contributed by atoms with van der Waals surface area (Å²) in [5.74, 6) is 0.00494. The Labute approximate surface area is 172 Å². The van der Waals surface area contributed by atoms with Crippen molar-refractivity contribution in [3.63, 3.8) is 0 Å². The smallest absolute Gasteiger partial charge is 0.475 e. The summed E-state index contributed by atoms with van der Waals surface area (Å²) in [6.07, 6.45) is 2.27. The minimum absolute atomic E-state index is 0.186. The van der Waals surface area contributed by atoms with Gasteiger partial charge in [0.2, 0.25) is 11.8 Å². The number of carbonyl (C=O) groups excluding carboxylic acids is 2. The summed E-state index contributed by atoms with van der Waals surface area (Å²) in [4.78, 5) is 24.7. The van der Waals surface area contributed by atoms with Crippen LogP contribution in [0.4, 0.5) is 0 Å². The number of benzene rings is 1. The van der Waals surface area contributed by atoms with Crippen molar-refractivity contribution in [2.75, 3.05) is 20.8 Å². The molecule has 2 amide bonds. The molecule has 0 bridgehead atoms. The topological polar surface area (TPSA) is 117 Å². The Morgan fingerprint density at radius 3 is 2.34 bits per heavy atom. The van der Waals surface area contributed by atoms with Crippen LogP contribution < -0.4 is 20.1 Å². The molecule has 0 aromatic heterocycles. The Morgan fingerprint density at radius 1 is 1.17 bits per heavy atom. The summed E-state index contributed by atoms with van der Waals surface area (Å²) in [5, 5.41) is 24.0. The molecule has 0 radical (unpaired) electrons. The zero-order valence-electron chi connectivity index (χ0n) is 17.5. The van der Waals surface area contributed by atoms with Crippen LogP contribution in [-0.4, -0.2) is 55.7 Å². The van der Waals surface area contributed by atoms with Crippen molar-refractivity contribution in [2.24, 2.45) is 11.8 Å². The van der Waals surface area contributed by atoms with Crippen molar-refractivity contribution in [3.05, 3.63) is 23.3 Å². The van der Waals surface area contributed by atoms with E-state index in [1.807, 2.05) is 26.0 Å². The quantitative estimate of drug-likeness (QED) is 0.443. The van der Waals surface area contributed by atoms with Crippen LogP contribution in [0.25, 0.3) is 0 Å². The van der Waals surface area contributed by atoms with Crippen molar-refractivity contribution in [1.29, 1.82) is 0 Å².